The number of nitriles is 1. The van der Waals surface area contributed by atoms with Crippen molar-refractivity contribution in [1.82, 2.24) is 4.98 Å². The largest absolute Gasteiger partial charge is 0.382 e. The summed E-state index contributed by atoms with van der Waals surface area (Å²) in [6.45, 7) is 1.81. The Kier molecular flexibility index (Phi) is 3.87. The standard InChI is InChI=1S/C14H12ClN5/c1-8-11(14(17)20-18)10(7-16)13(15)19-12(8)9-5-3-2-4-6-9/h2-6H,18H2,1H3,(H2,17,20). The van der Waals surface area contributed by atoms with Gasteiger partial charge in [0.1, 0.15) is 16.8 Å². The van der Waals surface area contributed by atoms with E-state index >= 15 is 0 Å². The number of halogens is 1. The Labute approximate surface area is 121 Å². The molecule has 0 unspecified atom stereocenters. The van der Waals surface area contributed by atoms with Crippen molar-refractivity contribution >= 4 is 17.4 Å². The van der Waals surface area contributed by atoms with Gasteiger partial charge in [0.05, 0.1) is 5.69 Å². The van der Waals surface area contributed by atoms with E-state index in [4.69, 9.17) is 23.2 Å². The Morgan fingerprint density at radius 1 is 1.35 bits per heavy atom. The average molecular weight is 286 g/mol. The highest BCUT2D eigenvalue weighted by Crippen LogP contribution is 2.29. The van der Waals surface area contributed by atoms with Crippen molar-refractivity contribution < 1.29 is 0 Å². The monoisotopic (exact) mass is 285 g/mol. The highest BCUT2D eigenvalue weighted by atomic mass is 35.5. The highest BCUT2D eigenvalue weighted by molar-refractivity contribution is 6.31. The van der Waals surface area contributed by atoms with Gasteiger partial charge in [-0.05, 0) is 12.5 Å². The fraction of sp³-hybridized carbons (Fsp3) is 0.0714. The van der Waals surface area contributed by atoms with Crippen LogP contribution in [0.1, 0.15) is 16.7 Å². The van der Waals surface area contributed by atoms with Crippen molar-refractivity contribution in [2.45, 2.75) is 6.92 Å². The molecule has 1 aromatic carbocycles. The molecule has 1 aromatic heterocycles. The topological polar surface area (TPSA) is 101 Å². The Morgan fingerprint density at radius 2 is 2.00 bits per heavy atom. The molecule has 0 aliphatic rings. The zero-order chi connectivity index (χ0) is 14.7. The van der Waals surface area contributed by atoms with Crippen LogP contribution >= 0.6 is 11.6 Å². The first kappa shape index (κ1) is 13.8. The van der Waals surface area contributed by atoms with Crippen LogP contribution in [0.4, 0.5) is 0 Å². The quantitative estimate of drug-likeness (QED) is 0.290. The second-order valence-electron chi connectivity index (χ2n) is 4.12. The summed E-state index contributed by atoms with van der Waals surface area (Å²) in [5.74, 6) is 5.28. The van der Waals surface area contributed by atoms with E-state index < -0.39 is 0 Å². The Morgan fingerprint density at radius 3 is 2.55 bits per heavy atom. The molecule has 0 saturated heterocycles. The predicted molar refractivity (Wildman–Crippen MR) is 79.0 cm³/mol. The van der Waals surface area contributed by atoms with Crippen LogP contribution in [0.3, 0.4) is 0 Å². The van der Waals surface area contributed by atoms with Crippen LogP contribution in [-0.4, -0.2) is 10.8 Å². The van der Waals surface area contributed by atoms with Gasteiger partial charge in [0.2, 0.25) is 0 Å². The molecule has 20 heavy (non-hydrogen) atoms. The summed E-state index contributed by atoms with van der Waals surface area (Å²) in [4.78, 5) is 4.28. The van der Waals surface area contributed by atoms with Gasteiger partial charge in [0.15, 0.2) is 5.84 Å². The van der Waals surface area contributed by atoms with Crippen molar-refractivity contribution in [3.8, 4) is 17.3 Å². The van der Waals surface area contributed by atoms with E-state index in [1.165, 1.54) is 0 Å². The molecule has 0 spiro atoms. The van der Waals surface area contributed by atoms with E-state index in [1.807, 2.05) is 36.4 Å². The van der Waals surface area contributed by atoms with Crippen LogP contribution in [-0.2, 0) is 0 Å². The van der Waals surface area contributed by atoms with Crippen molar-refractivity contribution in [3.05, 3.63) is 52.2 Å². The van der Waals surface area contributed by atoms with Crippen LogP contribution in [0.15, 0.2) is 35.4 Å². The maximum absolute atomic E-state index is 9.20. The second kappa shape index (κ2) is 5.59. The predicted octanol–water partition coefficient (Wildman–Crippen LogP) is 2.16. The zero-order valence-corrected chi connectivity index (χ0v) is 11.5. The number of aromatic nitrogens is 1. The smallest absolute Gasteiger partial charge is 0.152 e. The molecule has 100 valence electrons. The molecule has 0 bridgehead atoms. The van der Waals surface area contributed by atoms with Gasteiger partial charge >= 0.3 is 0 Å². The molecule has 0 saturated carbocycles. The molecule has 0 atom stereocenters. The lowest BCUT2D eigenvalue weighted by atomic mass is 9.98. The Balaban J connectivity index is 2.81. The first-order valence-corrected chi connectivity index (χ1v) is 6.17. The lowest BCUT2D eigenvalue weighted by molar-refractivity contribution is 1.19. The number of rotatable bonds is 2. The zero-order valence-electron chi connectivity index (χ0n) is 10.8. The maximum Gasteiger partial charge on any atom is 0.152 e. The summed E-state index contributed by atoms with van der Waals surface area (Å²) in [6, 6.07) is 11.5. The van der Waals surface area contributed by atoms with Gasteiger partial charge in [-0.2, -0.15) is 10.4 Å². The average Bonchev–Trinajstić information content (AvgIpc) is 2.48. The van der Waals surface area contributed by atoms with E-state index in [0.29, 0.717) is 16.8 Å². The van der Waals surface area contributed by atoms with Gasteiger partial charge in [0.25, 0.3) is 0 Å². The van der Waals surface area contributed by atoms with E-state index in [1.54, 1.807) is 6.92 Å². The van der Waals surface area contributed by atoms with Crippen LogP contribution in [0.5, 0.6) is 0 Å². The minimum atomic E-state index is 0.0560. The molecule has 0 aliphatic heterocycles. The lowest BCUT2D eigenvalue weighted by Gasteiger charge is -2.13. The molecular weight excluding hydrogens is 274 g/mol. The minimum absolute atomic E-state index is 0.0560. The first-order valence-electron chi connectivity index (χ1n) is 5.79. The number of hydrogen-bond acceptors (Lipinski definition) is 4. The number of nitrogens with zero attached hydrogens (tertiary/aromatic N) is 3. The van der Waals surface area contributed by atoms with Crippen molar-refractivity contribution in [2.75, 3.05) is 0 Å². The molecule has 1 heterocycles. The van der Waals surface area contributed by atoms with E-state index in [-0.39, 0.29) is 16.6 Å². The van der Waals surface area contributed by atoms with Crippen molar-refractivity contribution in [2.24, 2.45) is 16.7 Å². The molecule has 0 radical (unpaired) electrons. The number of hydrogen-bond donors (Lipinski definition) is 2. The van der Waals surface area contributed by atoms with Gasteiger partial charge in [-0.15, -0.1) is 0 Å². The Bertz CT molecular complexity index is 717. The van der Waals surface area contributed by atoms with Gasteiger partial charge < -0.3 is 11.6 Å². The molecule has 5 nitrogen and oxygen atoms in total. The summed E-state index contributed by atoms with van der Waals surface area (Å²) >= 11 is 6.07. The second-order valence-corrected chi connectivity index (χ2v) is 4.48. The number of pyridine rings is 1. The summed E-state index contributed by atoms with van der Waals surface area (Å²) in [5.41, 5.74) is 8.61. The van der Waals surface area contributed by atoms with Gasteiger partial charge in [-0.1, -0.05) is 41.9 Å². The molecule has 4 N–H and O–H groups in total. The van der Waals surface area contributed by atoms with Crippen LogP contribution in [0.2, 0.25) is 5.15 Å². The molecule has 2 rings (SSSR count). The molecule has 2 aromatic rings. The van der Waals surface area contributed by atoms with Crippen molar-refractivity contribution in [3.63, 3.8) is 0 Å². The van der Waals surface area contributed by atoms with Crippen molar-refractivity contribution in [1.29, 1.82) is 5.26 Å². The molecule has 0 aliphatic carbocycles. The summed E-state index contributed by atoms with van der Waals surface area (Å²) in [7, 11) is 0. The minimum Gasteiger partial charge on any atom is -0.382 e. The summed E-state index contributed by atoms with van der Waals surface area (Å²) < 4.78 is 0. The highest BCUT2D eigenvalue weighted by Gasteiger charge is 2.19. The molecular formula is C14H12ClN5. The fourth-order valence-corrected chi connectivity index (χ4v) is 2.23. The van der Waals surface area contributed by atoms with E-state index in [2.05, 4.69) is 10.1 Å². The first-order chi connectivity index (χ1) is 9.60. The normalized spacial score (nSPS) is 11.2. The molecule has 0 amide bonds. The van der Waals surface area contributed by atoms with Gasteiger partial charge in [-0.25, -0.2) is 4.98 Å². The third kappa shape index (κ3) is 2.29. The van der Waals surface area contributed by atoms with Gasteiger partial charge in [0, 0.05) is 11.1 Å². The lowest BCUT2D eigenvalue weighted by Crippen LogP contribution is -2.20. The Hall–Kier alpha value is -2.58. The van der Waals surface area contributed by atoms with Crippen LogP contribution < -0.4 is 11.6 Å². The third-order valence-electron chi connectivity index (χ3n) is 2.95. The summed E-state index contributed by atoms with van der Waals surface area (Å²) in [5, 5.41) is 12.7. The molecule has 6 heteroatoms. The third-order valence-corrected chi connectivity index (χ3v) is 3.22. The number of nitrogens with two attached hydrogens (primary N) is 2. The number of hydrazone groups is 1. The van der Waals surface area contributed by atoms with Crippen LogP contribution in [0, 0.1) is 18.3 Å². The SMILES string of the molecule is Cc1c(-c2ccccc2)nc(Cl)c(C#N)c1/C(N)=N\N. The maximum atomic E-state index is 9.20. The fourth-order valence-electron chi connectivity index (χ4n) is 2.01. The van der Waals surface area contributed by atoms with Gasteiger partial charge in [-0.3, -0.25) is 0 Å². The number of benzene rings is 1. The summed E-state index contributed by atoms with van der Waals surface area (Å²) in [6.07, 6.45) is 0. The van der Waals surface area contributed by atoms with Crippen LogP contribution in [0.25, 0.3) is 11.3 Å². The van der Waals surface area contributed by atoms with E-state index in [0.717, 1.165) is 5.56 Å². The van der Waals surface area contributed by atoms with E-state index in [9.17, 15) is 5.26 Å². The molecule has 0 fully saturated rings. The number of amidine groups is 1.